The standard InChI is InChI=1S/C13H26N2O2/c1-4-8-14-12(13(16)17-3)10-15-9-6-5-7-11(15)2/h11-12,14H,4-10H2,1-3H3. The molecule has 0 saturated carbocycles. The van der Waals surface area contributed by atoms with Crippen molar-refractivity contribution in [2.24, 2.45) is 0 Å². The molecule has 0 aliphatic carbocycles. The first-order chi connectivity index (χ1) is 8.19. The Morgan fingerprint density at radius 2 is 2.29 bits per heavy atom. The fraction of sp³-hybridized carbons (Fsp3) is 0.923. The zero-order valence-corrected chi connectivity index (χ0v) is 11.4. The highest BCUT2D eigenvalue weighted by Gasteiger charge is 2.25. The van der Waals surface area contributed by atoms with Crippen LogP contribution in [0.5, 0.6) is 0 Å². The average Bonchev–Trinajstić information content (AvgIpc) is 2.35. The van der Waals surface area contributed by atoms with Crippen molar-refractivity contribution in [2.75, 3.05) is 26.7 Å². The summed E-state index contributed by atoms with van der Waals surface area (Å²) in [6.07, 6.45) is 4.82. The van der Waals surface area contributed by atoms with Gasteiger partial charge in [-0.1, -0.05) is 13.3 Å². The fourth-order valence-electron chi connectivity index (χ4n) is 2.35. The van der Waals surface area contributed by atoms with Gasteiger partial charge in [0.05, 0.1) is 7.11 Å². The first kappa shape index (κ1) is 14.5. The molecule has 17 heavy (non-hydrogen) atoms. The predicted molar refractivity (Wildman–Crippen MR) is 69.0 cm³/mol. The molecule has 1 aliphatic rings. The number of hydrogen-bond acceptors (Lipinski definition) is 4. The van der Waals surface area contributed by atoms with Crippen LogP contribution >= 0.6 is 0 Å². The molecular formula is C13H26N2O2. The van der Waals surface area contributed by atoms with Crippen LogP contribution in [0.4, 0.5) is 0 Å². The van der Waals surface area contributed by atoms with Gasteiger partial charge in [-0.25, -0.2) is 0 Å². The van der Waals surface area contributed by atoms with Gasteiger partial charge >= 0.3 is 5.97 Å². The van der Waals surface area contributed by atoms with E-state index in [1.165, 1.54) is 26.4 Å². The maximum absolute atomic E-state index is 11.7. The number of esters is 1. The molecule has 1 saturated heterocycles. The van der Waals surface area contributed by atoms with Crippen LogP contribution < -0.4 is 5.32 Å². The van der Waals surface area contributed by atoms with E-state index in [4.69, 9.17) is 4.74 Å². The first-order valence-corrected chi connectivity index (χ1v) is 6.74. The van der Waals surface area contributed by atoms with Crippen LogP contribution in [0.25, 0.3) is 0 Å². The Bertz CT molecular complexity index is 233. The molecule has 2 atom stereocenters. The summed E-state index contributed by atoms with van der Waals surface area (Å²) in [5.41, 5.74) is 0. The highest BCUT2D eigenvalue weighted by Crippen LogP contribution is 2.16. The topological polar surface area (TPSA) is 41.6 Å². The van der Waals surface area contributed by atoms with Crippen molar-refractivity contribution in [1.82, 2.24) is 10.2 Å². The van der Waals surface area contributed by atoms with E-state index in [0.717, 1.165) is 26.1 Å². The maximum atomic E-state index is 11.7. The number of ether oxygens (including phenoxy) is 1. The van der Waals surface area contributed by atoms with Gasteiger partial charge in [-0.15, -0.1) is 0 Å². The number of nitrogens with zero attached hydrogens (tertiary/aromatic N) is 1. The summed E-state index contributed by atoms with van der Waals surface area (Å²) in [6, 6.07) is 0.403. The summed E-state index contributed by atoms with van der Waals surface area (Å²) in [7, 11) is 1.46. The van der Waals surface area contributed by atoms with Crippen LogP contribution in [0, 0.1) is 0 Å². The number of nitrogens with one attached hydrogen (secondary N) is 1. The van der Waals surface area contributed by atoms with E-state index in [1.54, 1.807) is 0 Å². The number of hydrogen-bond donors (Lipinski definition) is 1. The number of methoxy groups -OCH3 is 1. The number of carbonyl (C=O) groups is 1. The van der Waals surface area contributed by atoms with Crippen molar-refractivity contribution in [2.45, 2.75) is 51.6 Å². The number of likely N-dealkylation sites (tertiary alicyclic amines) is 1. The largest absolute Gasteiger partial charge is 0.468 e. The molecule has 0 spiro atoms. The highest BCUT2D eigenvalue weighted by atomic mass is 16.5. The lowest BCUT2D eigenvalue weighted by atomic mass is 10.0. The van der Waals surface area contributed by atoms with Crippen molar-refractivity contribution in [3.63, 3.8) is 0 Å². The molecule has 1 aliphatic heterocycles. The normalized spacial score (nSPS) is 23.4. The maximum Gasteiger partial charge on any atom is 0.324 e. The smallest absolute Gasteiger partial charge is 0.324 e. The molecule has 0 amide bonds. The Balaban J connectivity index is 2.48. The summed E-state index contributed by atoms with van der Waals surface area (Å²) in [4.78, 5) is 14.1. The Hall–Kier alpha value is -0.610. The second kappa shape index (κ2) is 7.67. The minimum absolute atomic E-state index is 0.142. The predicted octanol–water partition coefficient (Wildman–Crippen LogP) is 1.40. The van der Waals surface area contributed by atoms with Crippen molar-refractivity contribution in [3.05, 3.63) is 0 Å². The number of piperidine rings is 1. The molecule has 4 heteroatoms. The van der Waals surface area contributed by atoms with E-state index in [-0.39, 0.29) is 12.0 Å². The van der Waals surface area contributed by atoms with Crippen molar-refractivity contribution in [1.29, 1.82) is 0 Å². The van der Waals surface area contributed by atoms with Gasteiger partial charge in [0.1, 0.15) is 6.04 Å². The van der Waals surface area contributed by atoms with Crippen molar-refractivity contribution >= 4 is 5.97 Å². The first-order valence-electron chi connectivity index (χ1n) is 6.74. The van der Waals surface area contributed by atoms with Crippen LogP contribution in [-0.2, 0) is 9.53 Å². The van der Waals surface area contributed by atoms with Gasteiger partial charge in [-0.3, -0.25) is 9.69 Å². The summed E-state index contributed by atoms with van der Waals surface area (Å²) in [6.45, 7) is 7.08. The summed E-state index contributed by atoms with van der Waals surface area (Å²) < 4.78 is 4.86. The highest BCUT2D eigenvalue weighted by molar-refractivity contribution is 5.75. The molecule has 1 N–H and O–H groups in total. The van der Waals surface area contributed by atoms with E-state index in [0.29, 0.717) is 6.04 Å². The zero-order chi connectivity index (χ0) is 12.7. The van der Waals surface area contributed by atoms with Crippen LogP contribution in [0.1, 0.15) is 39.5 Å². The van der Waals surface area contributed by atoms with E-state index < -0.39 is 0 Å². The molecule has 1 heterocycles. The third kappa shape index (κ3) is 4.64. The summed E-state index contributed by atoms with van der Waals surface area (Å²) in [5, 5.41) is 3.27. The zero-order valence-electron chi connectivity index (χ0n) is 11.4. The van der Waals surface area contributed by atoms with Crippen LogP contribution in [0.15, 0.2) is 0 Å². The molecule has 0 radical (unpaired) electrons. The molecule has 2 unspecified atom stereocenters. The molecule has 1 fully saturated rings. The van der Waals surface area contributed by atoms with E-state index in [9.17, 15) is 4.79 Å². The molecule has 0 aromatic rings. The van der Waals surface area contributed by atoms with Crippen LogP contribution in [0.3, 0.4) is 0 Å². The van der Waals surface area contributed by atoms with Gasteiger partial charge in [-0.2, -0.15) is 0 Å². The number of rotatable bonds is 6. The molecule has 0 bridgehead atoms. The summed E-state index contributed by atoms with van der Waals surface area (Å²) in [5.74, 6) is -0.142. The van der Waals surface area contributed by atoms with Gasteiger partial charge in [0.15, 0.2) is 0 Å². The lowest BCUT2D eigenvalue weighted by Gasteiger charge is -2.35. The molecule has 0 aromatic carbocycles. The Labute approximate surface area is 105 Å². The third-order valence-electron chi connectivity index (χ3n) is 3.48. The fourth-order valence-corrected chi connectivity index (χ4v) is 2.35. The SMILES string of the molecule is CCCNC(CN1CCCCC1C)C(=O)OC. The van der Waals surface area contributed by atoms with Crippen LogP contribution in [0.2, 0.25) is 0 Å². The third-order valence-corrected chi connectivity index (χ3v) is 3.48. The lowest BCUT2D eigenvalue weighted by Crippen LogP contribution is -2.50. The molecule has 1 rings (SSSR count). The molecule has 4 nitrogen and oxygen atoms in total. The van der Waals surface area contributed by atoms with Crippen molar-refractivity contribution < 1.29 is 9.53 Å². The molecular weight excluding hydrogens is 216 g/mol. The van der Waals surface area contributed by atoms with Crippen molar-refractivity contribution in [3.8, 4) is 0 Å². The second-order valence-electron chi connectivity index (χ2n) is 4.87. The Morgan fingerprint density at radius 3 is 2.88 bits per heavy atom. The number of carbonyl (C=O) groups excluding carboxylic acids is 1. The second-order valence-corrected chi connectivity index (χ2v) is 4.87. The van der Waals surface area contributed by atoms with E-state index in [1.807, 2.05) is 0 Å². The quantitative estimate of drug-likeness (QED) is 0.715. The lowest BCUT2D eigenvalue weighted by molar-refractivity contribution is -0.143. The minimum Gasteiger partial charge on any atom is -0.468 e. The minimum atomic E-state index is -0.180. The van der Waals surface area contributed by atoms with Gasteiger partial charge in [0, 0.05) is 12.6 Å². The summed E-state index contributed by atoms with van der Waals surface area (Å²) >= 11 is 0. The monoisotopic (exact) mass is 242 g/mol. The van der Waals surface area contributed by atoms with Gasteiger partial charge < -0.3 is 10.1 Å². The molecule has 100 valence electrons. The Morgan fingerprint density at radius 1 is 1.53 bits per heavy atom. The van der Waals surface area contributed by atoms with Gasteiger partial charge in [0.2, 0.25) is 0 Å². The Kier molecular flexibility index (Phi) is 6.52. The van der Waals surface area contributed by atoms with Gasteiger partial charge in [0.25, 0.3) is 0 Å². The molecule has 0 aromatic heterocycles. The average molecular weight is 242 g/mol. The van der Waals surface area contributed by atoms with E-state index >= 15 is 0 Å². The van der Waals surface area contributed by atoms with E-state index in [2.05, 4.69) is 24.1 Å². The van der Waals surface area contributed by atoms with Crippen LogP contribution in [-0.4, -0.2) is 49.7 Å². The van der Waals surface area contributed by atoms with Gasteiger partial charge in [-0.05, 0) is 39.3 Å².